The van der Waals surface area contributed by atoms with Crippen LogP contribution >= 0.6 is 0 Å². The van der Waals surface area contributed by atoms with Gasteiger partial charge in [-0.1, -0.05) is 13.8 Å². The predicted octanol–water partition coefficient (Wildman–Crippen LogP) is 1.76. The standard InChI is InChI=1S/C15H20N2O2/c1-9(2)15(19)17-7-6-11-8-12(4-5-13(11)17)14(18)10(3)16/h4-5,8-10H,6-7,16H2,1-3H3. The van der Waals surface area contributed by atoms with Crippen LogP contribution in [0.1, 0.15) is 36.7 Å². The van der Waals surface area contributed by atoms with E-state index in [9.17, 15) is 9.59 Å². The molecule has 0 radical (unpaired) electrons. The highest BCUT2D eigenvalue weighted by Crippen LogP contribution is 2.30. The van der Waals surface area contributed by atoms with E-state index in [0.717, 1.165) is 17.7 Å². The van der Waals surface area contributed by atoms with Gasteiger partial charge >= 0.3 is 0 Å². The van der Waals surface area contributed by atoms with Crippen LogP contribution in [0.3, 0.4) is 0 Å². The quantitative estimate of drug-likeness (QED) is 0.842. The fourth-order valence-corrected chi connectivity index (χ4v) is 2.36. The molecule has 0 saturated heterocycles. The summed E-state index contributed by atoms with van der Waals surface area (Å²) < 4.78 is 0. The van der Waals surface area contributed by atoms with Gasteiger partial charge in [0.15, 0.2) is 5.78 Å². The summed E-state index contributed by atoms with van der Waals surface area (Å²) >= 11 is 0. The normalized spacial score (nSPS) is 15.5. The highest BCUT2D eigenvalue weighted by Gasteiger charge is 2.27. The Morgan fingerprint density at radius 1 is 1.26 bits per heavy atom. The van der Waals surface area contributed by atoms with Crippen LogP contribution in [0.5, 0.6) is 0 Å². The van der Waals surface area contributed by atoms with Crippen molar-refractivity contribution in [3.05, 3.63) is 29.3 Å². The maximum Gasteiger partial charge on any atom is 0.229 e. The van der Waals surface area contributed by atoms with Gasteiger partial charge in [0.2, 0.25) is 5.91 Å². The molecule has 4 heteroatoms. The molecule has 0 aromatic heterocycles. The van der Waals surface area contributed by atoms with Crippen molar-refractivity contribution in [3.8, 4) is 0 Å². The fourth-order valence-electron chi connectivity index (χ4n) is 2.36. The van der Waals surface area contributed by atoms with Crippen molar-refractivity contribution in [2.45, 2.75) is 33.2 Å². The maximum atomic E-state index is 12.1. The molecule has 1 unspecified atom stereocenters. The predicted molar refractivity (Wildman–Crippen MR) is 75.3 cm³/mol. The summed E-state index contributed by atoms with van der Waals surface area (Å²) in [6.07, 6.45) is 0.799. The van der Waals surface area contributed by atoms with Crippen molar-refractivity contribution in [1.29, 1.82) is 0 Å². The summed E-state index contributed by atoms with van der Waals surface area (Å²) in [5.74, 6) is 0.0535. The van der Waals surface area contributed by atoms with E-state index in [1.165, 1.54) is 0 Å². The van der Waals surface area contributed by atoms with Gasteiger partial charge in [0.05, 0.1) is 6.04 Å². The van der Waals surface area contributed by atoms with Gasteiger partial charge < -0.3 is 10.6 Å². The number of hydrogen-bond donors (Lipinski definition) is 1. The van der Waals surface area contributed by atoms with Gasteiger partial charge in [0.1, 0.15) is 0 Å². The van der Waals surface area contributed by atoms with Crippen molar-refractivity contribution >= 4 is 17.4 Å². The van der Waals surface area contributed by atoms with Gasteiger partial charge in [-0.05, 0) is 37.1 Å². The second-order valence-electron chi connectivity index (χ2n) is 5.39. The molecule has 1 atom stereocenters. The molecule has 2 rings (SSSR count). The number of amides is 1. The van der Waals surface area contributed by atoms with E-state index in [1.807, 2.05) is 26.0 Å². The molecule has 102 valence electrons. The number of anilines is 1. The first-order valence-corrected chi connectivity index (χ1v) is 6.66. The van der Waals surface area contributed by atoms with E-state index in [4.69, 9.17) is 5.73 Å². The molecule has 0 bridgehead atoms. The van der Waals surface area contributed by atoms with Gasteiger partial charge in [-0.15, -0.1) is 0 Å². The first kappa shape index (κ1) is 13.7. The second-order valence-corrected chi connectivity index (χ2v) is 5.39. The van der Waals surface area contributed by atoms with E-state index in [1.54, 1.807) is 17.9 Å². The zero-order chi connectivity index (χ0) is 14.2. The largest absolute Gasteiger partial charge is 0.321 e. The van der Waals surface area contributed by atoms with Gasteiger partial charge in [-0.2, -0.15) is 0 Å². The van der Waals surface area contributed by atoms with Crippen LogP contribution in [0.2, 0.25) is 0 Å². The number of nitrogens with zero attached hydrogens (tertiary/aromatic N) is 1. The molecule has 0 saturated carbocycles. The van der Waals surface area contributed by atoms with Crippen LogP contribution in [-0.4, -0.2) is 24.3 Å². The third-order valence-electron chi connectivity index (χ3n) is 3.43. The average molecular weight is 260 g/mol. The van der Waals surface area contributed by atoms with Crippen LogP contribution in [-0.2, 0) is 11.2 Å². The molecule has 1 amide bonds. The van der Waals surface area contributed by atoms with Crippen LogP contribution in [0, 0.1) is 5.92 Å². The first-order valence-electron chi connectivity index (χ1n) is 6.66. The van der Waals surface area contributed by atoms with Crippen molar-refractivity contribution in [1.82, 2.24) is 0 Å². The molecule has 4 nitrogen and oxygen atoms in total. The Morgan fingerprint density at radius 2 is 1.95 bits per heavy atom. The topological polar surface area (TPSA) is 63.4 Å². The number of carbonyl (C=O) groups is 2. The molecule has 2 N–H and O–H groups in total. The summed E-state index contributed by atoms with van der Waals surface area (Å²) in [4.78, 5) is 25.7. The highest BCUT2D eigenvalue weighted by molar-refractivity contribution is 6.02. The number of carbonyl (C=O) groups excluding carboxylic acids is 2. The minimum absolute atomic E-state index is 0.0173. The monoisotopic (exact) mass is 260 g/mol. The minimum atomic E-state index is -0.493. The van der Waals surface area contributed by atoms with E-state index in [-0.39, 0.29) is 17.6 Å². The van der Waals surface area contributed by atoms with Crippen molar-refractivity contribution in [3.63, 3.8) is 0 Å². The molecule has 19 heavy (non-hydrogen) atoms. The molecule has 1 aromatic carbocycles. The van der Waals surface area contributed by atoms with Gasteiger partial charge in [-0.25, -0.2) is 0 Å². The number of benzene rings is 1. The Morgan fingerprint density at radius 3 is 2.53 bits per heavy atom. The van der Waals surface area contributed by atoms with Crippen LogP contribution in [0.4, 0.5) is 5.69 Å². The van der Waals surface area contributed by atoms with Crippen LogP contribution < -0.4 is 10.6 Å². The second kappa shape index (κ2) is 5.13. The zero-order valence-electron chi connectivity index (χ0n) is 11.6. The van der Waals surface area contributed by atoms with Gasteiger partial charge in [-0.3, -0.25) is 9.59 Å². The smallest absolute Gasteiger partial charge is 0.229 e. The van der Waals surface area contributed by atoms with Crippen LogP contribution in [0.25, 0.3) is 0 Å². The maximum absolute atomic E-state index is 12.1. The summed E-state index contributed by atoms with van der Waals surface area (Å²) in [6, 6.07) is 5.00. The molecule has 0 aliphatic carbocycles. The number of nitrogens with two attached hydrogens (primary N) is 1. The van der Waals surface area contributed by atoms with Crippen molar-refractivity contribution in [2.75, 3.05) is 11.4 Å². The zero-order valence-corrected chi connectivity index (χ0v) is 11.6. The van der Waals surface area contributed by atoms with Crippen molar-refractivity contribution < 1.29 is 9.59 Å². The Labute approximate surface area is 113 Å². The molecule has 1 aromatic rings. The molecular weight excluding hydrogens is 240 g/mol. The molecule has 0 fully saturated rings. The third-order valence-corrected chi connectivity index (χ3v) is 3.43. The molecule has 0 spiro atoms. The Balaban J connectivity index is 2.30. The molecule has 1 aliphatic rings. The number of rotatable bonds is 3. The molecule has 1 aliphatic heterocycles. The van der Waals surface area contributed by atoms with Gasteiger partial charge in [0.25, 0.3) is 0 Å². The van der Waals surface area contributed by atoms with Crippen LogP contribution in [0.15, 0.2) is 18.2 Å². The SMILES string of the molecule is CC(C)C(=O)N1CCc2cc(C(=O)C(C)N)ccc21. The lowest BCUT2D eigenvalue weighted by Gasteiger charge is -2.19. The Kier molecular flexibility index (Phi) is 3.71. The number of hydrogen-bond acceptors (Lipinski definition) is 3. The minimum Gasteiger partial charge on any atom is -0.321 e. The van der Waals surface area contributed by atoms with Gasteiger partial charge in [0, 0.05) is 23.7 Å². The lowest BCUT2D eigenvalue weighted by molar-refractivity contribution is -0.121. The lowest BCUT2D eigenvalue weighted by atomic mass is 10.0. The summed E-state index contributed by atoms with van der Waals surface area (Å²) in [5.41, 5.74) is 8.23. The summed E-state index contributed by atoms with van der Waals surface area (Å²) in [5, 5.41) is 0. The van der Waals surface area contributed by atoms with E-state index in [2.05, 4.69) is 0 Å². The summed E-state index contributed by atoms with van der Waals surface area (Å²) in [7, 11) is 0. The summed E-state index contributed by atoms with van der Waals surface area (Å²) in [6.45, 7) is 6.18. The van der Waals surface area contributed by atoms with Crippen molar-refractivity contribution in [2.24, 2.45) is 11.7 Å². The number of ketones is 1. The molecular formula is C15H20N2O2. The lowest BCUT2D eigenvalue weighted by Crippen LogP contribution is -2.32. The Bertz CT molecular complexity index is 521. The highest BCUT2D eigenvalue weighted by atomic mass is 16.2. The third kappa shape index (κ3) is 2.54. The first-order chi connectivity index (χ1) is 8.91. The average Bonchev–Trinajstić information content (AvgIpc) is 2.79. The van der Waals surface area contributed by atoms with E-state index in [0.29, 0.717) is 12.1 Å². The van der Waals surface area contributed by atoms with E-state index < -0.39 is 6.04 Å². The van der Waals surface area contributed by atoms with E-state index >= 15 is 0 Å². The Hall–Kier alpha value is -1.68. The fraction of sp³-hybridized carbons (Fsp3) is 0.467. The number of fused-ring (bicyclic) bond motifs is 1. The number of Topliss-reactive ketones (excluding diaryl/α,β-unsaturated/α-hetero) is 1. The molecule has 1 heterocycles.